The van der Waals surface area contributed by atoms with Crippen molar-refractivity contribution >= 4 is 88.5 Å². The van der Waals surface area contributed by atoms with Crippen LogP contribution >= 0.6 is 0 Å². The van der Waals surface area contributed by atoms with Gasteiger partial charge < -0.3 is 58.0 Å². The van der Waals surface area contributed by atoms with Gasteiger partial charge in [0.25, 0.3) is 23.6 Å². The highest BCUT2D eigenvalue weighted by Crippen LogP contribution is 2.33. The summed E-state index contributed by atoms with van der Waals surface area (Å²) in [4.78, 5) is 196. The molecule has 1 N–H and O–H groups in total. The molecule has 0 spiro atoms. The number of carbonyl (C=O) groups is 15. The molecule has 0 bridgehead atoms. The lowest BCUT2D eigenvalue weighted by Crippen LogP contribution is -2.51. The van der Waals surface area contributed by atoms with Crippen LogP contribution in [0.25, 0.3) is 0 Å². The molecule has 0 radical (unpaired) electrons. The Bertz CT molecular complexity index is 4610. The van der Waals surface area contributed by atoms with Crippen LogP contribution in [0.15, 0.2) is 182 Å². The molecule has 8 atom stereocenters. The fraction of sp³-hybridized carbons (Fsp3) is 0.560. The molecule has 5 aliphatic rings. The number of unbranched alkanes of at least 4 members (excludes halogenated alkanes) is 18. The number of rotatable bonds is 52. The summed E-state index contributed by atoms with van der Waals surface area (Å²) in [5, 5.41) is 9.98. The third-order valence-corrected chi connectivity index (χ3v) is 27.1. The van der Waals surface area contributed by atoms with Crippen LogP contribution in [0.2, 0.25) is 0 Å². The molecular formula is C116H157N5O22. The van der Waals surface area contributed by atoms with Gasteiger partial charge in [-0.2, -0.15) is 0 Å². The SMILES string of the molecule is CCOC(=O)C1CCCCN1C(=O)C(=O)CCCCCCCCCCCCC(=O)C(=O)N1CCCC[C@H]1C(=O)OCC.CCOC(=O)C1CCCCN1C(=O)C(=O)OC.O=C(CCCCCCCCCCCCC(=O)C(=O)N1CCCCC1C(=O)O[C@H](CCc1ccccc1)c1ccccc1)C(=O)N1CCCCC1C(=O)O[C@H](CCc1ccccc1)c1ccccc1.O[C@H](CCc1ccccc1)c1ccccc1. The summed E-state index contributed by atoms with van der Waals surface area (Å²) in [6, 6.07) is 56.2. The van der Waals surface area contributed by atoms with Gasteiger partial charge in [-0.1, -0.05) is 285 Å². The summed E-state index contributed by atoms with van der Waals surface area (Å²) in [5.74, 6) is -7.84. The molecule has 0 saturated carbocycles. The highest BCUT2D eigenvalue weighted by Gasteiger charge is 2.42. The predicted molar refractivity (Wildman–Crippen MR) is 546 cm³/mol. The van der Waals surface area contributed by atoms with Crippen LogP contribution in [0.3, 0.4) is 0 Å². The minimum Gasteiger partial charge on any atom is -0.464 e. The van der Waals surface area contributed by atoms with Crippen LogP contribution in [-0.4, -0.2) is 208 Å². The Morgan fingerprint density at radius 3 is 0.734 bits per heavy atom. The number of carbonyl (C=O) groups excluding carboxylic acids is 15. The maximum Gasteiger partial charge on any atom is 0.396 e. The number of hydrogen-bond acceptors (Lipinski definition) is 22. The van der Waals surface area contributed by atoms with Crippen LogP contribution < -0.4 is 0 Å². The van der Waals surface area contributed by atoms with Gasteiger partial charge >= 0.3 is 41.7 Å². The van der Waals surface area contributed by atoms with Crippen molar-refractivity contribution in [1.82, 2.24) is 24.5 Å². The molecular weight excluding hydrogens is 1820 g/mol. The summed E-state index contributed by atoms with van der Waals surface area (Å²) < 4.78 is 31.7. The van der Waals surface area contributed by atoms with Gasteiger partial charge in [-0.3, -0.25) is 43.2 Å². The minimum absolute atomic E-state index is 0.175. The maximum absolute atomic E-state index is 13.7. The number of nitrogens with zero attached hydrogens (tertiary/aromatic N) is 5. The van der Waals surface area contributed by atoms with E-state index in [1.54, 1.807) is 20.8 Å². The van der Waals surface area contributed by atoms with Crippen molar-refractivity contribution in [3.63, 3.8) is 0 Å². The second-order valence-corrected chi connectivity index (χ2v) is 37.7. The second-order valence-electron chi connectivity index (χ2n) is 37.7. The van der Waals surface area contributed by atoms with Gasteiger partial charge in [-0.25, -0.2) is 28.8 Å². The van der Waals surface area contributed by atoms with E-state index < -0.39 is 131 Å². The first-order valence-electron chi connectivity index (χ1n) is 53.2. The molecule has 5 aliphatic heterocycles. The zero-order valence-electron chi connectivity index (χ0n) is 85.2. The molecule has 27 nitrogen and oxygen atoms in total. The smallest absolute Gasteiger partial charge is 0.396 e. The van der Waals surface area contributed by atoms with E-state index in [1.165, 1.54) is 30.1 Å². The largest absolute Gasteiger partial charge is 0.464 e. The standard InChI is InChI=1S/C58H72N2O8.C32H52N2O8.C15H16O.C11H17NO5/c61-51(55(63)59-43-25-23-35-49(59)57(65)67-53(47-31-17-11-18-32-47)41-39-45-27-13-9-14-28-45)37-21-7-5-3-1-2-4-6-8-22-38-52(62)56(64)60-44-26-24-36-50(60)58(66)68-54(48-33-19-12-20-34-48)42-40-46-29-15-10-16-30-46;1-3-41-31(39)25-19-15-17-23-33(25)29(37)27(35)21-13-11-9-7-5-6-8-10-12-14-22-28(36)30(38)34-24-18-16-20-26(34)32(40)42-4-2;16-15(14-9-5-2-6-10-14)12-11-13-7-3-1-4-8-13;1-3-17-10(14)8-6-4-5-7-12(8)9(13)11(15)16-2/h9-20,27-34,49-50,53-54H,1-8,21-26,35-44H2;25-26H,3-24H2,1-2H3;1-10,15-16H,11-12H2;8H,3-7H2,1-2H3/t49?,50?,53-,54-;25-,26?;15-;/m101./s1. The molecule has 778 valence electrons. The number of aryl methyl sites for hydroxylation is 3. The van der Waals surface area contributed by atoms with Crippen molar-refractivity contribution in [2.24, 2.45) is 0 Å². The fourth-order valence-corrected chi connectivity index (χ4v) is 19.1. The number of benzene rings is 6. The highest BCUT2D eigenvalue weighted by atomic mass is 16.6. The molecule has 0 aliphatic carbocycles. The number of hydrogen-bond donors (Lipinski definition) is 1. The molecule has 143 heavy (non-hydrogen) atoms. The van der Waals surface area contributed by atoms with Crippen molar-refractivity contribution in [2.45, 2.75) is 358 Å². The Morgan fingerprint density at radius 1 is 0.273 bits per heavy atom. The van der Waals surface area contributed by atoms with Gasteiger partial charge in [0.05, 0.1) is 33.0 Å². The predicted octanol–water partition coefficient (Wildman–Crippen LogP) is 19.6. The van der Waals surface area contributed by atoms with Gasteiger partial charge in [0.15, 0.2) is 0 Å². The summed E-state index contributed by atoms with van der Waals surface area (Å²) in [6.07, 6.45) is 33.2. The van der Waals surface area contributed by atoms with Crippen molar-refractivity contribution in [3.8, 4) is 0 Å². The number of amides is 5. The highest BCUT2D eigenvalue weighted by molar-refractivity contribution is 6.38. The first-order chi connectivity index (χ1) is 69.6. The van der Waals surface area contributed by atoms with Gasteiger partial charge in [0.1, 0.15) is 42.4 Å². The molecule has 5 saturated heterocycles. The average Bonchev–Trinajstić information content (AvgIpc) is 0.822. The number of likely N-dealkylation sites (tertiary alicyclic amines) is 5. The molecule has 5 fully saturated rings. The Labute approximate surface area is 847 Å². The Balaban J connectivity index is 0.000000278. The molecule has 5 heterocycles. The van der Waals surface area contributed by atoms with Crippen molar-refractivity contribution in [1.29, 1.82) is 0 Å². The third kappa shape index (κ3) is 41.4. The number of piperidine rings is 5. The number of ether oxygens (including phenoxy) is 6. The lowest BCUT2D eigenvalue weighted by atomic mass is 9.99. The van der Waals surface area contributed by atoms with E-state index >= 15 is 0 Å². The lowest BCUT2D eigenvalue weighted by Gasteiger charge is -2.34. The van der Waals surface area contributed by atoms with Gasteiger partial charge in [0, 0.05) is 58.4 Å². The van der Waals surface area contributed by atoms with E-state index in [2.05, 4.69) is 41.1 Å². The normalized spacial score (nSPS) is 17.3. The van der Waals surface area contributed by atoms with Crippen molar-refractivity contribution in [3.05, 3.63) is 215 Å². The Kier molecular flexibility index (Phi) is 55.0. The van der Waals surface area contributed by atoms with Gasteiger partial charge in [0.2, 0.25) is 23.1 Å². The second kappa shape index (κ2) is 67.6. The number of ketones is 4. The average molecular weight is 1970 g/mol. The third-order valence-electron chi connectivity index (χ3n) is 27.1. The van der Waals surface area contributed by atoms with E-state index in [0.717, 1.165) is 228 Å². The van der Waals surface area contributed by atoms with Crippen LogP contribution in [0.1, 0.15) is 342 Å². The van der Waals surface area contributed by atoms with Crippen LogP contribution in [0.4, 0.5) is 0 Å². The number of esters is 6. The monoisotopic (exact) mass is 1970 g/mol. The van der Waals surface area contributed by atoms with Crippen LogP contribution in [0, 0.1) is 0 Å². The summed E-state index contributed by atoms with van der Waals surface area (Å²) in [7, 11) is 1.14. The Morgan fingerprint density at radius 2 is 0.490 bits per heavy atom. The number of aliphatic hydroxyl groups is 1. The van der Waals surface area contributed by atoms with E-state index in [-0.39, 0.29) is 51.6 Å². The van der Waals surface area contributed by atoms with E-state index in [0.29, 0.717) is 103 Å². The molecule has 0 aromatic heterocycles. The quantitative estimate of drug-likeness (QED) is 0.0160. The number of Topliss-reactive ketones (excluding diaryl/α,β-unsaturated/α-hetero) is 4. The Hall–Kier alpha value is -11.9. The molecule has 5 amide bonds. The zero-order valence-corrected chi connectivity index (χ0v) is 85.2. The first-order valence-corrected chi connectivity index (χ1v) is 53.2. The summed E-state index contributed by atoms with van der Waals surface area (Å²) in [5.41, 5.74) is 6.41. The molecule has 11 rings (SSSR count). The fourth-order valence-electron chi connectivity index (χ4n) is 19.1. The molecule has 27 heteroatoms. The van der Waals surface area contributed by atoms with Crippen molar-refractivity contribution in [2.75, 3.05) is 59.7 Å². The van der Waals surface area contributed by atoms with Gasteiger partial charge in [-0.05, 0) is 215 Å². The molecule has 6 aromatic rings. The van der Waals surface area contributed by atoms with E-state index in [4.69, 9.17) is 23.7 Å². The topological polar surface area (TPSA) is 348 Å². The van der Waals surface area contributed by atoms with Crippen LogP contribution in [0.5, 0.6) is 0 Å². The summed E-state index contributed by atoms with van der Waals surface area (Å²) in [6.45, 7) is 7.94. The molecule has 4 unspecified atom stereocenters. The van der Waals surface area contributed by atoms with Crippen molar-refractivity contribution < 1.29 is 105 Å². The van der Waals surface area contributed by atoms with E-state index in [9.17, 15) is 77.0 Å². The lowest BCUT2D eigenvalue weighted by molar-refractivity contribution is -0.165. The number of methoxy groups -OCH3 is 1. The molecule has 6 aromatic carbocycles. The zero-order chi connectivity index (χ0) is 103. The maximum atomic E-state index is 13.7. The first kappa shape index (κ1) is 116. The van der Waals surface area contributed by atoms with Crippen LogP contribution in [-0.2, 0) is 120 Å². The van der Waals surface area contributed by atoms with E-state index in [1.807, 2.05) is 146 Å². The number of aliphatic hydroxyl groups excluding tert-OH is 1. The minimum atomic E-state index is -0.943. The summed E-state index contributed by atoms with van der Waals surface area (Å²) >= 11 is 0. The van der Waals surface area contributed by atoms with Gasteiger partial charge in [-0.15, -0.1) is 0 Å².